The molecular weight excluding hydrogens is 656 g/mol. The smallest absolute Gasteiger partial charge is 0.362 e. The minimum Gasteiger partial charge on any atom is -0.504 e. The van der Waals surface area contributed by atoms with Gasteiger partial charge < -0.3 is 31.2 Å². The maximum Gasteiger partial charge on any atom is 0.362 e. The highest BCUT2D eigenvalue weighted by Crippen LogP contribution is 2.30. The van der Waals surface area contributed by atoms with Gasteiger partial charge in [0.2, 0.25) is 5.60 Å². The number of nitrogens with two attached hydrogens (primary N) is 1. The summed E-state index contributed by atoms with van der Waals surface area (Å²) >= 11 is 0.910. The number of hydrazine groups is 1. The number of fused-ring (bicyclic) bond motifs is 1. The fourth-order valence-corrected chi connectivity index (χ4v) is 5.40. The van der Waals surface area contributed by atoms with Crippen molar-refractivity contribution in [2.24, 2.45) is 5.16 Å². The number of nitrogen functional groups attached to an aromatic ring is 1. The van der Waals surface area contributed by atoms with E-state index in [0.717, 1.165) is 29.5 Å². The Balaban J connectivity index is 1.50. The number of benzene rings is 1. The zero-order valence-corrected chi connectivity index (χ0v) is 25.3. The fourth-order valence-electron chi connectivity index (χ4n) is 3.97. The van der Waals surface area contributed by atoms with Gasteiger partial charge >= 0.3 is 16.3 Å². The van der Waals surface area contributed by atoms with Crippen molar-refractivity contribution >= 4 is 73.0 Å². The van der Waals surface area contributed by atoms with E-state index in [1.54, 1.807) is 0 Å². The maximum atomic E-state index is 13.1. The lowest BCUT2D eigenvalue weighted by Crippen LogP contribution is -2.71. The maximum absolute atomic E-state index is 13.1. The predicted octanol–water partition coefficient (Wildman–Crippen LogP) is -1.14. The highest BCUT2D eigenvalue weighted by atomic mass is 32.2. The van der Waals surface area contributed by atoms with Crippen molar-refractivity contribution in [3.8, 4) is 11.5 Å². The molecule has 4 rings (SSSR count). The number of hydrogen-bond donors (Lipinski definition) is 8. The number of rotatable bonds is 9. The number of carboxylic acid groups (broad SMARTS) is 1. The van der Waals surface area contributed by atoms with Crippen molar-refractivity contribution in [2.45, 2.75) is 38.5 Å². The van der Waals surface area contributed by atoms with Crippen molar-refractivity contribution in [1.29, 1.82) is 0 Å². The quantitative estimate of drug-likeness (QED) is 0.0435. The number of phenols is 2. The van der Waals surface area contributed by atoms with Crippen LogP contribution in [-0.2, 0) is 29.5 Å². The molecule has 22 heteroatoms. The Labute approximate surface area is 261 Å². The van der Waals surface area contributed by atoms with Gasteiger partial charge in [-0.1, -0.05) is 5.16 Å². The number of β-lactam (4-membered cyclic amide) rings is 1. The highest BCUT2D eigenvalue weighted by Gasteiger charge is 2.51. The van der Waals surface area contributed by atoms with Gasteiger partial charge in [-0.05, 0) is 32.9 Å². The molecule has 0 saturated carbocycles. The lowest BCUT2D eigenvalue weighted by Gasteiger charge is -2.42. The molecule has 2 atom stereocenters. The number of pyridine rings is 1. The molecule has 3 heterocycles. The van der Waals surface area contributed by atoms with E-state index in [-0.39, 0.29) is 26.0 Å². The second kappa shape index (κ2) is 12.1. The first-order valence-corrected chi connectivity index (χ1v) is 14.9. The molecule has 244 valence electrons. The first-order chi connectivity index (χ1) is 21.3. The minimum atomic E-state index is -4.87. The van der Waals surface area contributed by atoms with Crippen molar-refractivity contribution in [3.05, 3.63) is 40.5 Å². The van der Waals surface area contributed by atoms with Crippen molar-refractivity contribution in [3.63, 3.8) is 0 Å². The number of anilines is 1. The molecule has 0 unspecified atom stereocenters. The molecule has 0 bridgehead atoms. The number of thiazole rings is 1. The van der Waals surface area contributed by atoms with Gasteiger partial charge in [0.15, 0.2) is 22.3 Å². The number of aromatic nitrogens is 2. The molecule has 1 aliphatic heterocycles. The lowest BCUT2D eigenvalue weighted by molar-refractivity contribution is -0.144. The van der Waals surface area contributed by atoms with E-state index in [2.05, 4.69) is 20.4 Å². The van der Waals surface area contributed by atoms with Gasteiger partial charge in [-0.15, -0.1) is 11.3 Å². The van der Waals surface area contributed by atoms with Crippen LogP contribution in [0.2, 0.25) is 0 Å². The average molecular weight is 681 g/mol. The van der Waals surface area contributed by atoms with Crippen LogP contribution in [0.5, 0.6) is 11.5 Å². The van der Waals surface area contributed by atoms with Crippen LogP contribution in [0.25, 0.3) is 10.9 Å². The third-order valence-corrected chi connectivity index (χ3v) is 8.09. The second-order valence-electron chi connectivity index (χ2n) is 10.0. The van der Waals surface area contributed by atoms with E-state index in [1.807, 2.05) is 10.9 Å². The molecule has 2 aromatic heterocycles. The van der Waals surface area contributed by atoms with Crippen molar-refractivity contribution in [1.82, 2.24) is 30.4 Å². The number of amides is 4. The van der Waals surface area contributed by atoms with Crippen LogP contribution < -0.4 is 21.9 Å². The number of carbonyl (C=O) groups excluding carboxylic acids is 4. The zero-order valence-electron chi connectivity index (χ0n) is 23.7. The number of aromatic hydroxyl groups is 2. The third-order valence-electron chi connectivity index (χ3n) is 6.41. The number of nitrogens with one attached hydrogen (secondary N) is 3. The molecule has 1 fully saturated rings. The Morgan fingerprint density at radius 2 is 1.76 bits per heavy atom. The average Bonchev–Trinajstić information content (AvgIpc) is 3.39. The summed E-state index contributed by atoms with van der Waals surface area (Å²) in [6.45, 7) is 3.60. The number of nitrogens with zero attached hydrogens (tertiary/aromatic N) is 4. The van der Waals surface area contributed by atoms with Crippen LogP contribution in [0.4, 0.5) is 5.13 Å². The van der Waals surface area contributed by atoms with Gasteiger partial charge in [0.25, 0.3) is 23.6 Å². The van der Waals surface area contributed by atoms with Crippen LogP contribution in [0, 0.1) is 0 Å². The summed E-state index contributed by atoms with van der Waals surface area (Å²) in [7, 11) is -4.87. The molecule has 4 amide bonds. The lowest BCUT2D eigenvalue weighted by atomic mass is 10.0. The SMILES string of the molecule is C[C@H]1[C@H](NC(=O)C(=NOC(C)(C)C(=O)NNC(=O)c2nc3cc(O)c(O)cc3cc2C(=O)O)c2csc(N)n2)C(=O)N1S(=O)(=O)O. The summed E-state index contributed by atoms with van der Waals surface area (Å²) in [5.41, 5.74) is 5.67. The Kier molecular flexibility index (Phi) is 8.72. The monoisotopic (exact) mass is 680 g/mol. The fraction of sp³-hybridized carbons (Fsp3) is 0.250. The van der Waals surface area contributed by atoms with Crippen molar-refractivity contribution in [2.75, 3.05) is 5.73 Å². The van der Waals surface area contributed by atoms with Crippen LogP contribution in [0.3, 0.4) is 0 Å². The standard InChI is InChI=1S/C24H24N8O12S2/c1-8-15(20(37)32(8)46(41,42)43)28-18(35)17(12-7-45-23(25)27-12)31-44-24(2,3)22(40)30-29-19(36)16-10(21(38)39)4-9-5-13(33)14(34)6-11(9)26-16/h4-8,15,33-34H,1-3H3,(H2,25,27)(H,28,35)(H,29,36)(H,30,40)(H,38,39)(H,41,42,43)/t8-,15-/m0/s1. The number of carbonyl (C=O) groups is 5. The minimum absolute atomic E-state index is 0.0101. The van der Waals surface area contributed by atoms with E-state index in [1.165, 1.54) is 26.2 Å². The van der Waals surface area contributed by atoms with Crippen LogP contribution in [0.1, 0.15) is 47.3 Å². The molecule has 0 radical (unpaired) electrons. The van der Waals surface area contributed by atoms with E-state index in [4.69, 9.17) is 10.6 Å². The Morgan fingerprint density at radius 1 is 1.11 bits per heavy atom. The largest absolute Gasteiger partial charge is 0.504 e. The summed E-state index contributed by atoms with van der Waals surface area (Å²) in [5, 5.41) is 36.3. The summed E-state index contributed by atoms with van der Waals surface area (Å²) in [6.07, 6.45) is 0. The number of oxime groups is 1. The number of aromatic carboxylic acids is 1. The number of phenolic OH excluding ortho intramolecular Hbond substituents is 2. The van der Waals surface area contributed by atoms with Gasteiger partial charge in [-0.25, -0.2) is 19.1 Å². The van der Waals surface area contributed by atoms with E-state index >= 15 is 0 Å². The summed E-state index contributed by atoms with van der Waals surface area (Å²) in [4.78, 5) is 75.9. The first-order valence-electron chi connectivity index (χ1n) is 12.6. The molecule has 1 saturated heterocycles. The van der Waals surface area contributed by atoms with Crippen molar-refractivity contribution < 1.29 is 57.1 Å². The zero-order chi connectivity index (χ0) is 34.3. The molecule has 0 spiro atoms. The normalized spacial score (nSPS) is 16.8. The topological polar surface area (TPSA) is 313 Å². The van der Waals surface area contributed by atoms with E-state index in [0.29, 0.717) is 0 Å². The third kappa shape index (κ3) is 6.57. The molecule has 3 aromatic rings. The highest BCUT2D eigenvalue weighted by molar-refractivity contribution is 7.84. The van der Waals surface area contributed by atoms with Gasteiger partial charge in [0, 0.05) is 16.8 Å². The molecule has 20 nitrogen and oxygen atoms in total. The van der Waals surface area contributed by atoms with E-state index < -0.39 is 86.1 Å². The number of hydrogen-bond acceptors (Lipinski definition) is 15. The first kappa shape index (κ1) is 33.3. The number of carboxylic acids is 1. The predicted molar refractivity (Wildman–Crippen MR) is 156 cm³/mol. The Hall–Kier alpha value is -5.61. The summed E-state index contributed by atoms with van der Waals surface area (Å²) < 4.78 is 32.1. The Morgan fingerprint density at radius 3 is 2.33 bits per heavy atom. The second-order valence-corrected chi connectivity index (χ2v) is 12.2. The molecule has 46 heavy (non-hydrogen) atoms. The molecule has 1 aliphatic rings. The van der Waals surface area contributed by atoms with E-state index in [9.17, 15) is 52.3 Å². The molecular formula is C24H24N8O12S2. The summed E-state index contributed by atoms with van der Waals surface area (Å²) in [6, 6.07) is 0.531. The van der Waals surface area contributed by atoms with Crippen LogP contribution in [0.15, 0.2) is 28.7 Å². The van der Waals surface area contributed by atoms with Gasteiger partial charge in [0.05, 0.1) is 17.1 Å². The summed E-state index contributed by atoms with van der Waals surface area (Å²) in [5.74, 6) is -7.15. The van der Waals surface area contributed by atoms with Gasteiger partial charge in [0.1, 0.15) is 17.4 Å². The van der Waals surface area contributed by atoms with Crippen LogP contribution >= 0.6 is 11.3 Å². The Bertz CT molecular complexity index is 1940. The molecule has 0 aliphatic carbocycles. The molecule has 1 aromatic carbocycles. The van der Waals surface area contributed by atoms with Gasteiger partial charge in [-0.3, -0.25) is 34.6 Å². The molecule has 9 N–H and O–H groups in total. The van der Waals surface area contributed by atoms with Crippen LogP contribution in [-0.4, -0.2) is 95.6 Å². The van der Waals surface area contributed by atoms with Gasteiger partial charge in [-0.2, -0.15) is 8.42 Å².